The van der Waals surface area contributed by atoms with Crippen LogP contribution < -0.4 is 10.9 Å². The fourth-order valence-electron chi connectivity index (χ4n) is 2.78. The Morgan fingerprint density at radius 2 is 1.09 bits per heavy atom. The van der Waals surface area contributed by atoms with E-state index in [1.807, 2.05) is 0 Å². The third kappa shape index (κ3) is 5.24. The second-order valence-electron chi connectivity index (χ2n) is 6.60. The van der Waals surface area contributed by atoms with E-state index >= 15 is 0 Å². The third-order valence-electron chi connectivity index (χ3n) is 4.54. The van der Waals surface area contributed by atoms with Gasteiger partial charge in [-0.1, -0.05) is 13.8 Å². The number of hydrazone groups is 2. The Morgan fingerprint density at radius 3 is 1.41 bits per heavy atom. The Bertz CT molecular complexity index is 421. The van der Waals surface area contributed by atoms with E-state index < -0.39 is 11.8 Å². The molecule has 0 spiro atoms. The maximum Gasteiger partial charge on any atom is 0.331 e. The van der Waals surface area contributed by atoms with Crippen LogP contribution in [0.1, 0.15) is 65.2 Å². The van der Waals surface area contributed by atoms with Crippen LogP contribution in [0.5, 0.6) is 0 Å². The molecular weight excluding hydrogens is 280 g/mol. The van der Waals surface area contributed by atoms with Gasteiger partial charge in [0, 0.05) is 11.4 Å². The van der Waals surface area contributed by atoms with Crippen molar-refractivity contribution in [2.45, 2.75) is 65.2 Å². The highest BCUT2D eigenvalue weighted by Crippen LogP contribution is 2.21. The Hall–Kier alpha value is -1.72. The minimum atomic E-state index is -0.750. The summed E-state index contributed by atoms with van der Waals surface area (Å²) in [4.78, 5) is 23.4. The molecule has 0 aliphatic heterocycles. The van der Waals surface area contributed by atoms with E-state index in [4.69, 9.17) is 0 Å². The molecule has 0 unspecified atom stereocenters. The molecule has 0 aromatic rings. The van der Waals surface area contributed by atoms with Crippen molar-refractivity contribution in [2.75, 3.05) is 0 Å². The van der Waals surface area contributed by atoms with Gasteiger partial charge in [-0.05, 0) is 63.2 Å². The topological polar surface area (TPSA) is 82.9 Å². The minimum Gasteiger partial charge on any atom is -0.262 e. The molecule has 0 aromatic heterocycles. The van der Waals surface area contributed by atoms with Crippen LogP contribution in [0.3, 0.4) is 0 Å². The second kappa shape index (κ2) is 8.06. The Morgan fingerprint density at radius 1 is 0.773 bits per heavy atom. The van der Waals surface area contributed by atoms with Crippen molar-refractivity contribution in [2.24, 2.45) is 22.0 Å². The maximum atomic E-state index is 11.7. The number of hydrogen-bond acceptors (Lipinski definition) is 4. The molecule has 0 radical (unpaired) electrons. The van der Waals surface area contributed by atoms with Gasteiger partial charge in [-0.15, -0.1) is 0 Å². The van der Waals surface area contributed by atoms with E-state index in [0.29, 0.717) is 11.8 Å². The van der Waals surface area contributed by atoms with Crippen LogP contribution in [0, 0.1) is 11.8 Å². The molecule has 0 bridgehead atoms. The van der Waals surface area contributed by atoms with E-state index in [1.54, 1.807) is 0 Å². The summed E-state index contributed by atoms with van der Waals surface area (Å²) in [6.45, 7) is 4.43. The summed E-state index contributed by atoms with van der Waals surface area (Å²) in [7, 11) is 0. The monoisotopic (exact) mass is 306 g/mol. The molecule has 2 aliphatic rings. The molecule has 0 heterocycles. The predicted molar refractivity (Wildman–Crippen MR) is 86.4 cm³/mol. The van der Waals surface area contributed by atoms with E-state index in [9.17, 15) is 9.59 Å². The van der Waals surface area contributed by atoms with E-state index in [-0.39, 0.29) is 0 Å². The normalized spacial score (nSPS) is 25.4. The SMILES string of the molecule is CC1CCC(=NNC(=O)C(=O)NN=C2CCC(C)CC2)CC1. The number of nitrogens with one attached hydrogen (secondary N) is 2. The van der Waals surface area contributed by atoms with Gasteiger partial charge in [-0.25, -0.2) is 10.9 Å². The molecular formula is C16H26N4O2. The first-order valence-electron chi connectivity index (χ1n) is 8.25. The van der Waals surface area contributed by atoms with Crippen LogP contribution in [0.4, 0.5) is 0 Å². The van der Waals surface area contributed by atoms with E-state index in [2.05, 4.69) is 34.9 Å². The van der Waals surface area contributed by atoms with Gasteiger partial charge in [0.05, 0.1) is 0 Å². The molecule has 6 nitrogen and oxygen atoms in total. The second-order valence-corrected chi connectivity index (χ2v) is 6.60. The average molecular weight is 306 g/mol. The third-order valence-corrected chi connectivity index (χ3v) is 4.54. The molecule has 6 heteroatoms. The smallest absolute Gasteiger partial charge is 0.262 e. The molecule has 0 atom stereocenters. The summed E-state index contributed by atoms with van der Waals surface area (Å²) >= 11 is 0. The zero-order chi connectivity index (χ0) is 15.9. The highest BCUT2D eigenvalue weighted by molar-refractivity contribution is 6.35. The molecule has 22 heavy (non-hydrogen) atoms. The molecule has 2 fully saturated rings. The van der Waals surface area contributed by atoms with Gasteiger partial charge in [0.25, 0.3) is 0 Å². The van der Waals surface area contributed by atoms with E-state index in [1.165, 1.54) is 0 Å². The molecule has 2 saturated carbocycles. The molecule has 2 N–H and O–H groups in total. The first-order valence-corrected chi connectivity index (χ1v) is 8.25. The summed E-state index contributed by atoms with van der Waals surface area (Å²) in [6, 6.07) is 0. The summed E-state index contributed by atoms with van der Waals surface area (Å²) in [5.41, 5.74) is 6.59. The summed E-state index contributed by atoms with van der Waals surface area (Å²) in [5, 5.41) is 8.10. The standard InChI is InChI=1S/C16H26N4O2/c1-11-3-7-13(8-4-11)17-19-15(21)16(22)20-18-14-9-5-12(2)6-10-14/h11-12H,3-10H2,1-2H3,(H,19,21)(H,20,22). The zero-order valence-electron chi connectivity index (χ0n) is 13.5. The number of nitrogens with zero attached hydrogens (tertiary/aromatic N) is 2. The largest absolute Gasteiger partial charge is 0.331 e. The first-order chi connectivity index (χ1) is 10.5. The molecule has 122 valence electrons. The van der Waals surface area contributed by atoms with Crippen LogP contribution in [-0.2, 0) is 9.59 Å². The van der Waals surface area contributed by atoms with Gasteiger partial charge in [-0.3, -0.25) is 9.59 Å². The van der Waals surface area contributed by atoms with Gasteiger partial charge in [0.15, 0.2) is 0 Å². The minimum absolute atomic E-state index is 0.715. The lowest BCUT2D eigenvalue weighted by Crippen LogP contribution is -2.36. The van der Waals surface area contributed by atoms with Crippen molar-refractivity contribution in [1.29, 1.82) is 0 Å². The average Bonchev–Trinajstić information content (AvgIpc) is 2.53. The van der Waals surface area contributed by atoms with Crippen LogP contribution in [0.15, 0.2) is 10.2 Å². The van der Waals surface area contributed by atoms with Crippen molar-refractivity contribution in [1.82, 2.24) is 10.9 Å². The number of carbonyl (C=O) groups excluding carboxylic acids is 2. The molecule has 0 saturated heterocycles. The van der Waals surface area contributed by atoms with Gasteiger partial charge in [0.2, 0.25) is 0 Å². The van der Waals surface area contributed by atoms with Crippen LogP contribution in [0.2, 0.25) is 0 Å². The highest BCUT2D eigenvalue weighted by Gasteiger charge is 2.17. The maximum absolute atomic E-state index is 11.7. The van der Waals surface area contributed by atoms with Gasteiger partial charge in [0.1, 0.15) is 0 Å². The molecule has 2 aliphatic carbocycles. The lowest BCUT2D eigenvalue weighted by Gasteiger charge is -2.19. The number of amides is 2. The van der Waals surface area contributed by atoms with Gasteiger partial charge in [-0.2, -0.15) is 10.2 Å². The van der Waals surface area contributed by atoms with Crippen LogP contribution >= 0.6 is 0 Å². The van der Waals surface area contributed by atoms with Crippen molar-refractivity contribution in [3.05, 3.63) is 0 Å². The summed E-state index contributed by atoms with van der Waals surface area (Å²) in [6.07, 6.45) is 7.93. The lowest BCUT2D eigenvalue weighted by molar-refractivity contribution is -0.139. The Labute approximate surface area is 131 Å². The van der Waals surface area contributed by atoms with E-state index in [0.717, 1.165) is 62.8 Å². The number of rotatable bonds is 2. The first kappa shape index (κ1) is 16.6. The van der Waals surface area contributed by atoms with Crippen molar-refractivity contribution < 1.29 is 9.59 Å². The Kier molecular flexibility index (Phi) is 6.10. The van der Waals surface area contributed by atoms with Gasteiger partial charge >= 0.3 is 11.8 Å². The van der Waals surface area contributed by atoms with Crippen LogP contribution in [0.25, 0.3) is 0 Å². The Balaban J connectivity index is 1.74. The number of hydrogen-bond donors (Lipinski definition) is 2. The fraction of sp³-hybridized carbons (Fsp3) is 0.750. The predicted octanol–water partition coefficient (Wildman–Crippen LogP) is 2.35. The number of carbonyl (C=O) groups is 2. The summed E-state index contributed by atoms with van der Waals surface area (Å²) < 4.78 is 0. The van der Waals surface area contributed by atoms with Crippen molar-refractivity contribution in [3.8, 4) is 0 Å². The highest BCUT2D eigenvalue weighted by atomic mass is 16.2. The molecule has 2 rings (SSSR count). The van der Waals surface area contributed by atoms with Crippen molar-refractivity contribution >= 4 is 23.2 Å². The van der Waals surface area contributed by atoms with Gasteiger partial charge < -0.3 is 0 Å². The molecule has 2 amide bonds. The van der Waals surface area contributed by atoms with Crippen LogP contribution in [-0.4, -0.2) is 23.2 Å². The quantitative estimate of drug-likeness (QED) is 0.606. The zero-order valence-corrected chi connectivity index (χ0v) is 13.5. The van der Waals surface area contributed by atoms with Crippen molar-refractivity contribution in [3.63, 3.8) is 0 Å². The lowest BCUT2D eigenvalue weighted by atomic mass is 9.90. The fourth-order valence-corrected chi connectivity index (χ4v) is 2.78. The molecule has 0 aromatic carbocycles. The summed E-state index contributed by atoms with van der Waals surface area (Å²) in [5.74, 6) is -0.0710.